The monoisotopic (exact) mass is 353 g/mol. The number of fused-ring (bicyclic) bond motifs is 1. The Morgan fingerprint density at radius 3 is 2.50 bits per heavy atom. The zero-order chi connectivity index (χ0) is 18.8. The summed E-state index contributed by atoms with van der Waals surface area (Å²) in [6.07, 6.45) is 6.61. The first-order chi connectivity index (χ1) is 12.5. The van der Waals surface area contributed by atoms with Gasteiger partial charge in [-0.2, -0.15) is 0 Å². The number of nitrogens with zero attached hydrogens (tertiary/aromatic N) is 3. The van der Waals surface area contributed by atoms with Gasteiger partial charge in [0.2, 0.25) is 0 Å². The third-order valence-electron chi connectivity index (χ3n) is 4.26. The predicted molar refractivity (Wildman–Crippen MR) is 97.3 cm³/mol. The number of anilines is 1. The van der Waals surface area contributed by atoms with Gasteiger partial charge in [-0.25, -0.2) is 14.6 Å². The van der Waals surface area contributed by atoms with Gasteiger partial charge in [0.25, 0.3) is 0 Å². The van der Waals surface area contributed by atoms with Crippen molar-refractivity contribution in [2.45, 2.75) is 6.92 Å². The lowest BCUT2D eigenvalue weighted by Crippen LogP contribution is -2.26. The minimum atomic E-state index is -0.640. The highest BCUT2D eigenvalue weighted by atomic mass is 16.5. The number of hydrogen-bond acceptors (Lipinski definition) is 6. The number of esters is 2. The second-order valence-corrected chi connectivity index (χ2v) is 5.71. The van der Waals surface area contributed by atoms with Crippen molar-refractivity contribution in [3.63, 3.8) is 0 Å². The summed E-state index contributed by atoms with van der Waals surface area (Å²) in [5.41, 5.74) is 2.63. The van der Waals surface area contributed by atoms with E-state index in [4.69, 9.17) is 9.47 Å². The summed E-state index contributed by atoms with van der Waals surface area (Å²) < 4.78 is 11.7. The first kappa shape index (κ1) is 17.5. The van der Waals surface area contributed by atoms with E-state index in [1.165, 1.54) is 20.3 Å². The van der Waals surface area contributed by atoms with Crippen LogP contribution in [0.4, 0.5) is 5.69 Å². The number of allylic oxidation sites excluding steroid dienone is 2. The zero-order valence-electron chi connectivity index (χ0n) is 15.0. The van der Waals surface area contributed by atoms with Crippen LogP contribution in [0, 0.1) is 6.92 Å². The Kier molecular flexibility index (Phi) is 4.62. The molecule has 0 saturated heterocycles. The van der Waals surface area contributed by atoms with Crippen LogP contribution in [0.25, 0.3) is 11.0 Å². The second-order valence-electron chi connectivity index (χ2n) is 5.71. The molecule has 0 bridgehead atoms. The van der Waals surface area contributed by atoms with Crippen LogP contribution in [0.2, 0.25) is 0 Å². The molecule has 0 amide bonds. The van der Waals surface area contributed by atoms with Gasteiger partial charge in [-0.3, -0.25) is 0 Å². The average Bonchev–Trinajstić information content (AvgIpc) is 2.82. The normalized spacial score (nSPS) is 13.9. The van der Waals surface area contributed by atoms with E-state index in [-0.39, 0.29) is 11.3 Å². The molecule has 1 aromatic heterocycles. The molecule has 134 valence electrons. The van der Waals surface area contributed by atoms with Crippen LogP contribution in [-0.4, -0.2) is 35.7 Å². The summed E-state index contributed by atoms with van der Waals surface area (Å²) in [6.45, 7) is 1.92. The molecule has 0 spiro atoms. The van der Waals surface area contributed by atoms with Crippen LogP contribution in [-0.2, 0) is 26.1 Å². The minimum Gasteiger partial charge on any atom is -0.465 e. The van der Waals surface area contributed by atoms with Crippen molar-refractivity contribution in [1.29, 1.82) is 0 Å². The fourth-order valence-electron chi connectivity index (χ4n) is 2.82. The van der Waals surface area contributed by atoms with Crippen molar-refractivity contribution >= 4 is 28.7 Å². The summed E-state index contributed by atoms with van der Waals surface area (Å²) >= 11 is 0. The maximum absolute atomic E-state index is 12.4. The molecule has 0 fully saturated rings. The Hall–Kier alpha value is -3.35. The molecular formula is C19H19N3O4. The first-order valence-electron chi connectivity index (χ1n) is 7.96. The Labute approximate surface area is 150 Å². The molecule has 0 saturated carbocycles. The van der Waals surface area contributed by atoms with E-state index in [0.717, 1.165) is 16.9 Å². The number of ether oxygens (including phenoxy) is 2. The lowest BCUT2D eigenvalue weighted by Gasteiger charge is -2.23. The number of methoxy groups -OCH3 is 2. The molecule has 1 aromatic carbocycles. The number of aromatic nitrogens is 2. The molecule has 1 aliphatic rings. The van der Waals surface area contributed by atoms with Crippen LogP contribution in [0.5, 0.6) is 0 Å². The summed E-state index contributed by atoms with van der Waals surface area (Å²) in [7, 11) is 4.48. The Bertz CT molecular complexity index is 982. The average molecular weight is 353 g/mol. The number of carbonyl (C=O) groups excluding carboxylic acids is 2. The van der Waals surface area contributed by atoms with Crippen LogP contribution >= 0.6 is 0 Å². The van der Waals surface area contributed by atoms with Crippen molar-refractivity contribution in [1.82, 2.24) is 9.55 Å². The van der Waals surface area contributed by atoms with E-state index in [0.29, 0.717) is 5.69 Å². The molecule has 1 aliphatic heterocycles. The van der Waals surface area contributed by atoms with Crippen molar-refractivity contribution < 1.29 is 19.1 Å². The van der Waals surface area contributed by atoms with E-state index >= 15 is 0 Å². The van der Waals surface area contributed by atoms with E-state index in [9.17, 15) is 9.59 Å². The SMILES string of the molecule is COC(=O)C1=C(C(=O)OC)N(c2ccc3c(c2)nc(C)n3C)C=CC=C1. The predicted octanol–water partition coefficient (Wildman–Crippen LogP) is 2.37. The molecule has 2 heterocycles. The zero-order valence-corrected chi connectivity index (χ0v) is 15.0. The number of benzene rings is 1. The minimum absolute atomic E-state index is 0.0800. The van der Waals surface area contributed by atoms with Gasteiger partial charge in [-0.15, -0.1) is 0 Å². The summed E-state index contributed by atoms with van der Waals surface area (Å²) in [5, 5.41) is 0. The van der Waals surface area contributed by atoms with Crippen LogP contribution < -0.4 is 4.90 Å². The Morgan fingerprint density at radius 2 is 1.81 bits per heavy atom. The van der Waals surface area contributed by atoms with Crippen molar-refractivity contribution in [2.24, 2.45) is 7.05 Å². The maximum atomic E-state index is 12.4. The smallest absolute Gasteiger partial charge is 0.355 e. The largest absolute Gasteiger partial charge is 0.465 e. The van der Waals surface area contributed by atoms with Gasteiger partial charge < -0.3 is 18.9 Å². The lowest BCUT2D eigenvalue weighted by atomic mass is 10.1. The van der Waals surface area contributed by atoms with Crippen LogP contribution in [0.1, 0.15) is 5.82 Å². The number of rotatable bonds is 3. The molecule has 0 N–H and O–H groups in total. The molecule has 0 atom stereocenters. The maximum Gasteiger partial charge on any atom is 0.355 e. The molecule has 0 radical (unpaired) electrons. The quantitative estimate of drug-likeness (QED) is 0.789. The summed E-state index contributed by atoms with van der Waals surface area (Å²) in [5.74, 6) is -0.381. The Morgan fingerprint density at radius 1 is 1.08 bits per heavy atom. The number of hydrogen-bond donors (Lipinski definition) is 0. The van der Waals surface area contributed by atoms with Gasteiger partial charge in [0.05, 0.1) is 30.8 Å². The molecule has 2 aromatic rings. The highest BCUT2D eigenvalue weighted by molar-refractivity contribution is 6.05. The van der Waals surface area contributed by atoms with Crippen LogP contribution in [0.3, 0.4) is 0 Å². The van der Waals surface area contributed by atoms with Crippen molar-refractivity contribution in [2.75, 3.05) is 19.1 Å². The van der Waals surface area contributed by atoms with E-state index in [2.05, 4.69) is 4.98 Å². The topological polar surface area (TPSA) is 73.7 Å². The third-order valence-corrected chi connectivity index (χ3v) is 4.26. The molecule has 3 rings (SSSR count). The molecule has 0 unspecified atom stereocenters. The lowest BCUT2D eigenvalue weighted by molar-refractivity contribution is -0.139. The van der Waals surface area contributed by atoms with Gasteiger partial charge in [0, 0.05) is 18.9 Å². The fourth-order valence-corrected chi connectivity index (χ4v) is 2.82. The van der Waals surface area contributed by atoms with Gasteiger partial charge in [-0.1, -0.05) is 6.08 Å². The van der Waals surface area contributed by atoms with Gasteiger partial charge in [-0.05, 0) is 37.3 Å². The van der Waals surface area contributed by atoms with Gasteiger partial charge >= 0.3 is 11.9 Å². The van der Waals surface area contributed by atoms with E-state index in [1.807, 2.05) is 36.7 Å². The standard InChI is InChI=1S/C19H19N3O4/c1-12-20-15-11-13(8-9-16(15)21(12)2)22-10-6-5-7-14(18(23)25-3)17(22)19(24)26-4/h5-11H,1-4H3. The number of carbonyl (C=O) groups is 2. The fraction of sp³-hybridized carbons (Fsp3) is 0.211. The third kappa shape index (κ3) is 2.88. The molecule has 26 heavy (non-hydrogen) atoms. The first-order valence-corrected chi connectivity index (χ1v) is 7.96. The summed E-state index contributed by atoms with van der Waals surface area (Å²) in [4.78, 5) is 30.7. The second kappa shape index (κ2) is 6.87. The molecule has 0 aliphatic carbocycles. The number of imidazole rings is 1. The molecule has 7 heteroatoms. The van der Waals surface area contributed by atoms with Gasteiger partial charge in [0.1, 0.15) is 11.5 Å². The Balaban J connectivity index is 2.20. The number of aryl methyl sites for hydroxylation is 2. The highest BCUT2D eigenvalue weighted by Crippen LogP contribution is 2.29. The highest BCUT2D eigenvalue weighted by Gasteiger charge is 2.27. The summed E-state index contributed by atoms with van der Waals surface area (Å²) in [6, 6.07) is 5.64. The van der Waals surface area contributed by atoms with Crippen molar-refractivity contribution in [3.8, 4) is 0 Å². The van der Waals surface area contributed by atoms with E-state index < -0.39 is 11.9 Å². The van der Waals surface area contributed by atoms with E-state index in [1.54, 1.807) is 23.3 Å². The van der Waals surface area contributed by atoms with Crippen LogP contribution in [0.15, 0.2) is 53.9 Å². The van der Waals surface area contributed by atoms with Crippen molar-refractivity contribution in [3.05, 3.63) is 59.7 Å². The molecular weight excluding hydrogens is 334 g/mol. The molecule has 7 nitrogen and oxygen atoms in total. The van der Waals surface area contributed by atoms with Gasteiger partial charge in [0.15, 0.2) is 0 Å².